The molecule has 1 aromatic heterocycles. The van der Waals surface area contributed by atoms with Crippen molar-refractivity contribution in [2.45, 2.75) is 32.2 Å². The third-order valence-electron chi connectivity index (χ3n) is 2.03. The Bertz CT molecular complexity index is 299. The summed E-state index contributed by atoms with van der Waals surface area (Å²) >= 11 is 0. The Morgan fingerprint density at radius 3 is 3.07 bits per heavy atom. The van der Waals surface area contributed by atoms with Gasteiger partial charge in [-0.3, -0.25) is 0 Å². The first kappa shape index (κ1) is 9.24. The molecule has 0 bridgehead atoms. The molecule has 0 aromatic carbocycles. The third-order valence-corrected chi connectivity index (χ3v) is 2.03. The molecule has 1 aliphatic rings. The normalized spacial score (nSPS) is 15.2. The van der Waals surface area contributed by atoms with Crippen molar-refractivity contribution < 1.29 is 4.74 Å². The fourth-order valence-corrected chi connectivity index (χ4v) is 1.14. The SMILES string of the molecule is CCCOc1cc(NC2CC2)ncn1. The molecule has 14 heavy (non-hydrogen) atoms. The largest absolute Gasteiger partial charge is 0.478 e. The summed E-state index contributed by atoms with van der Waals surface area (Å²) in [6, 6.07) is 2.47. The Kier molecular flexibility index (Phi) is 2.81. The maximum atomic E-state index is 5.41. The Morgan fingerprint density at radius 1 is 1.50 bits per heavy atom. The molecule has 0 spiro atoms. The number of ether oxygens (including phenoxy) is 1. The lowest BCUT2D eigenvalue weighted by Crippen LogP contribution is -2.04. The number of hydrogen-bond donors (Lipinski definition) is 1. The second kappa shape index (κ2) is 4.26. The number of nitrogens with zero attached hydrogens (tertiary/aromatic N) is 2. The zero-order valence-corrected chi connectivity index (χ0v) is 8.36. The number of hydrogen-bond acceptors (Lipinski definition) is 4. The lowest BCUT2D eigenvalue weighted by molar-refractivity contribution is 0.305. The molecule has 0 unspecified atom stereocenters. The summed E-state index contributed by atoms with van der Waals surface area (Å²) in [4.78, 5) is 8.16. The van der Waals surface area contributed by atoms with Crippen LogP contribution in [0.4, 0.5) is 5.82 Å². The molecular weight excluding hydrogens is 178 g/mol. The van der Waals surface area contributed by atoms with E-state index < -0.39 is 0 Å². The van der Waals surface area contributed by atoms with Gasteiger partial charge in [0.25, 0.3) is 0 Å². The van der Waals surface area contributed by atoms with Crippen molar-refractivity contribution in [3.63, 3.8) is 0 Å². The highest BCUT2D eigenvalue weighted by Gasteiger charge is 2.21. The van der Waals surface area contributed by atoms with Crippen LogP contribution in [0.3, 0.4) is 0 Å². The van der Waals surface area contributed by atoms with Gasteiger partial charge in [-0.2, -0.15) is 0 Å². The fraction of sp³-hybridized carbons (Fsp3) is 0.600. The molecule has 1 aliphatic carbocycles. The smallest absolute Gasteiger partial charge is 0.218 e. The van der Waals surface area contributed by atoms with E-state index in [1.807, 2.05) is 6.07 Å². The zero-order chi connectivity index (χ0) is 9.80. The molecule has 1 saturated carbocycles. The van der Waals surface area contributed by atoms with Crippen molar-refractivity contribution in [1.82, 2.24) is 9.97 Å². The van der Waals surface area contributed by atoms with Crippen molar-refractivity contribution in [2.24, 2.45) is 0 Å². The van der Waals surface area contributed by atoms with E-state index >= 15 is 0 Å². The number of nitrogens with one attached hydrogen (secondary N) is 1. The molecule has 4 heteroatoms. The second-order valence-corrected chi connectivity index (χ2v) is 3.51. The van der Waals surface area contributed by atoms with Gasteiger partial charge in [0.05, 0.1) is 6.61 Å². The monoisotopic (exact) mass is 193 g/mol. The maximum Gasteiger partial charge on any atom is 0.218 e. The summed E-state index contributed by atoms with van der Waals surface area (Å²) in [5.41, 5.74) is 0. The molecule has 0 saturated heterocycles. The van der Waals surface area contributed by atoms with Crippen LogP contribution in [0.15, 0.2) is 12.4 Å². The van der Waals surface area contributed by atoms with Gasteiger partial charge in [0.15, 0.2) is 0 Å². The van der Waals surface area contributed by atoms with E-state index in [-0.39, 0.29) is 0 Å². The lowest BCUT2D eigenvalue weighted by Gasteiger charge is -2.06. The van der Waals surface area contributed by atoms with Gasteiger partial charge in [-0.1, -0.05) is 6.92 Å². The van der Waals surface area contributed by atoms with Crippen LogP contribution >= 0.6 is 0 Å². The van der Waals surface area contributed by atoms with Gasteiger partial charge in [0.1, 0.15) is 12.1 Å². The first-order valence-electron chi connectivity index (χ1n) is 5.10. The first-order chi connectivity index (χ1) is 6.88. The van der Waals surface area contributed by atoms with Gasteiger partial charge in [0.2, 0.25) is 5.88 Å². The molecule has 1 N–H and O–H groups in total. The lowest BCUT2D eigenvalue weighted by atomic mass is 10.5. The summed E-state index contributed by atoms with van der Waals surface area (Å²) in [7, 11) is 0. The molecule has 0 atom stereocenters. The van der Waals surface area contributed by atoms with Crippen molar-refractivity contribution >= 4 is 5.82 Å². The number of aromatic nitrogens is 2. The molecule has 1 fully saturated rings. The minimum absolute atomic E-state index is 0.615. The zero-order valence-electron chi connectivity index (χ0n) is 8.36. The second-order valence-electron chi connectivity index (χ2n) is 3.51. The standard InChI is InChI=1S/C10H15N3O/c1-2-5-14-10-6-9(11-7-12-10)13-8-3-4-8/h6-8H,2-5H2,1H3,(H,11,12,13). The minimum atomic E-state index is 0.615. The van der Waals surface area contributed by atoms with Crippen molar-refractivity contribution in [3.8, 4) is 5.88 Å². The molecule has 4 nitrogen and oxygen atoms in total. The first-order valence-corrected chi connectivity index (χ1v) is 5.10. The summed E-state index contributed by atoms with van der Waals surface area (Å²) in [5, 5.41) is 3.30. The van der Waals surface area contributed by atoms with Crippen LogP contribution in [0.1, 0.15) is 26.2 Å². The van der Waals surface area contributed by atoms with Crippen LogP contribution in [-0.4, -0.2) is 22.6 Å². The summed E-state index contributed by atoms with van der Waals surface area (Å²) in [5.74, 6) is 1.53. The molecule has 2 rings (SSSR count). The molecule has 0 radical (unpaired) electrons. The summed E-state index contributed by atoms with van der Waals surface area (Å²) in [6.45, 7) is 2.78. The van der Waals surface area contributed by atoms with Gasteiger partial charge in [-0.15, -0.1) is 0 Å². The van der Waals surface area contributed by atoms with Crippen molar-refractivity contribution in [2.75, 3.05) is 11.9 Å². The average Bonchev–Trinajstić information content (AvgIpc) is 2.99. The van der Waals surface area contributed by atoms with Crippen molar-refractivity contribution in [3.05, 3.63) is 12.4 Å². The minimum Gasteiger partial charge on any atom is -0.478 e. The van der Waals surface area contributed by atoms with Crippen LogP contribution in [0.2, 0.25) is 0 Å². The van der Waals surface area contributed by atoms with Crippen LogP contribution in [-0.2, 0) is 0 Å². The average molecular weight is 193 g/mol. The van der Waals surface area contributed by atoms with E-state index in [0.29, 0.717) is 18.5 Å². The van der Waals surface area contributed by atoms with Gasteiger partial charge in [0, 0.05) is 12.1 Å². The van der Waals surface area contributed by atoms with E-state index in [4.69, 9.17) is 4.74 Å². The highest BCUT2D eigenvalue weighted by Crippen LogP contribution is 2.24. The van der Waals surface area contributed by atoms with E-state index in [1.165, 1.54) is 19.2 Å². The fourth-order valence-electron chi connectivity index (χ4n) is 1.14. The van der Waals surface area contributed by atoms with Gasteiger partial charge in [-0.05, 0) is 19.3 Å². The van der Waals surface area contributed by atoms with E-state index in [2.05, 4.69) is 22.2 Å². The van der Waals surface area contributed by atoms with Gasteiger partial charge in [-0.25, -0.2) is 9.97 Å². The Morgan fingerprint density at radius 2 is 2.36 bits per heavy atom. The molecule has 1 aromatic rings. The van der Waals surface area contributed by atoms with Crippen LogP contribution < -0.4 is 10.1 Å². The van der Waals surface area contributed by atoms with Gasteiger partial charge >= 0.3 is 0 Å². The third kappa shape index (κ3) is 2.58. The number of anilines is 1. The maximum absolute atomic E-state index is 5.41. The summed E-state index contributed by atoms with van der Waals surface area (Å²) < 4.78 is 5.41. The predicted octanol–water partition coefficient (Wildman–Crippen LogP) is 1.84. The Labute approximate surface area is 83.7 Å². The highest BCUT2D eigenvalue weighted by atomic mass is 16.5. The molecule has 0 aliphatic heterocycles. The van der Waals surface area contributed by atoms with E-state index in [1.54, 1.807) is 0 Å². The molecular formula is C10H15N3O. The van der Waals surface area contributed by atoms with Crippen molar-refractivity contribution in [1.29, 1.82) is 0 Å². The van der Waals surface area contributed by atoms with E-state index in [9.17, 15) is 0 Å². The van der Waals surface area contributed by atoms with Crippen LogP contribution in [0.25, 0.3) is 0 Å². The Balaban J connectivity index is 1.94. The van der Waals surface area contributed by atoms with Gasteiger partial charge < -0.3 is 10.1 Å². The topological polar surface area (TPSA) is 47.0 Å². The molecule has 1 heterocycles. The Hall–Kier alpha value is -1.32. The molecule has 0 amide bonds. The molecule has 76 valence electrons. The number of rotatable bonds is 5. The summed E-state index contributed by atoms with van der Waals surface area (Å²) in [6.07, 6.45) is 5.02. The predicted molar refractivity (Wildman–Crippen MR) is 54.5 cm³/mol. The van der Waals surface area contributed by atoms with Crippen LogP contribution in [0, 0.1) is 0 Å². The van der Waals surface area contributed by atoms with E-state index in [0.717, 1.165) is 12.2 Å². The quantitative estimate of drug-likeness (QED) is 0.775. The van der Waals surface area contributed by atoms with Crippen LogP contribution in [0.5, 0.6) is 5.88 Å². The highest BCUT2D eigenvalue weighted by molar-refractivity contribution is 5.39.